The lowest BCUT2D eigenvalue weighted by Gasteiger charge is -2.10. The van der Waals surface area contributed by atoms with Crippen molar-refractivity contribution in [1.29, 1.82) is 0 Å². The van der Waals surface area contributed by atoms with E-state index in [0.717, 1.165) is 10.9 Å². The van der Waals surface area contributed by atoms with Gasteiger partial charge < -0.3 is 4.74 Å². The Morgan fingerprint density at radius 3 is 2.77 bits per heavy atom. The minimum absolute atomic E-state index is 0.367. The smallest absolute Gasteiger partial charge is 0.408 e. The van der Waals surface area contributed by atoms with Crippen LogP contribution in [-0.4, -0.2) is 11.1 Å². The number of halogens is 1. The predicted octanol–water partition coefficient (Wildman–Crippen LogP) is 4.81. The topological polar surface area (TPSA) is 51.2 Å². The Morgan fingerprint density at radius 2 is 1.95 bits per heavy atom. The van der Waals surface area contributed by atoms with Crippen molar-refractivity contribution in [1.82, 2.24) is 4.98 Å². The average molecular weight is 313 g/mol. The maximum absolute atomic E-state index is 12.1. The molecule has 1 N–H and O–H groups in total. The van der Waals surface area contributed by atoms with Crippen molar-refractivity contribution in [3.05, 3.63) is 65.3 Å². The van der Waals surface area contributed by atoms with Crippen LogP contribution in [0.2, 0.25) is 5.02 Å². The number of benzene rings is 2. The molecule has 0 saturated carbocycles. The highest BCUT2D eigenvalue weighted by Crippen LogP contribution is 2.29. The number of aromatic nitrogens is 1. The average Bonchev–Trinajstić information content (AvgIpc) is 2.53. The minimum atomic E-state index is -0.566. The van der Waals surface area contributed by atoms with E-state index in [9.17, 15) is 4.79 Å². The first kappa shape index (κ1) is 14.4. The van der Waals surface area contributed by atoms with Crippen LogP contribution in [0.5, 0.6) is 5.75 Å². The van der Waals surface area contributed by atoms with Crippen LogP contribution in [0, 0.1) is 6.92 Å². The fourth-order valence-electron chi connectivity index (χ4n) is 2.14. The highest BCUT2D eigenvalue weighted by Gasteiger charge is 2.11. The second-order valence-corrected chi connectivity index (χ2v) is 5.18. The van der Waals surface area contributed by atoms with Crippen LogP contribution < -0.4 is 10.1 Å². The normalized spacial score (nSPS) is 10.5. The van der Waals surface area contributed by atoms with Gasteiger partial charge in [-0.25, -0.2) is 4.79 Å². The third kappa shape index (κ3) is 2.87. The van der Waals surface area contributed by atoms with Gasteiger partial charge in [-0.15, -0.1) is 0 Å². The van der Waals surface area contributed by atoms with Crippen LogP contribution in [0.3, 0.4) is 0 Å². The summed E-state index contributed by atoms with van der Waals surface area (Å²) >= 11 is 6.12. The Bertz CT molecular complexity index is 849. The van der Waals surface area contributed by atoms with Gasteiger partial charge in [-0.1, -0.05) is 29.8 Å². The van der Waals surface area contributed by atoms with Crippen molar-refractivity contribution in [3.8, 4) is 5.75 Å². The maximum Gasteiger partial charge on any atom is 0.417 e. The lowest BCUT2D eigenvalue weighted by Crippen LogP contribution is -2.17. The summed E-state index contributed by atoms with van der Waals surface area (Å²) in [6.45, 7) is 1.91. The van der Waals surface area contributed by atoms with E-state index in [0.29, 0.717) is 22.0 Å². The van der Waals surface area contributed by atoms with Crippen molar-refractivity contribution in [3.63, 3.8) is 0 Å². The van der Waals surface area contributed by atoms with Crippen LogP contribution in [0.15, 0.2) is 54.7 Å². The van der Waals surface area contributed by atoms with Crippen LogP contribution >= 0.6 is 11.6 Å². The van der Waals surface area contributed by atoms with E-state index >= 15 is 0 Å². The molecule has 0 spiro atoms. The first-order valence-electron chi connectivity index (χ1n) is 6.73. The molecule has 0 fully saturated rings. The van der Waals surface area contributed by atoms with E-state index in [2.05, 4.69) is 10.3 Å². The molecule has 2 aromatic carbocycles. The summed E-state index contributed by atoms with van der Waals surface area (Å²) in [5, 5.41) is 4.02. The Morgan fingerprint density at radius 1 is 1.14 bits per heavy atom. The van der Waals surface area contributed by atoms with E-state index in [-0.39, 0.29) is 0 Å². The number of nitrogens with zero attached hydrogens (tertiary/aromatic N) is 1. The number of ether oxygens (including phenoxy) is 1. The fourth-order valence-corrected chi connectivity index (χ4v) is 2.36. The van der Waals surface area contributed by atoms with E-state index in [1.807, 2.05) is 37.3 Å². The van der Waals surface area contributed by atoms with Gasteiger partial charge in [-0.3, -0.25) is 10.3 Å². The summed E-state index contributed by atoms with van der Waals surface area (Å²) in [6, 6.07) is 14.4. The maximum atomic E-state index is 12.1. The summed E-state index contributed by atoms with van der Waals surface area (Å²) in [5.74, 6) is 0.367. The number of hydrogen-bond donors (Lipinski definition) is 1. The summed E-state index contributed by atoms with van der Waals surface area (Å²) in [6.07, 6.45) is 1.06. The van der Waals surface area contributed by atoms with E-state index in [1.54, 1.807) is 24.4 Å². The van der Waals surface area contributed by atoms with Gasteiger partial charge in [0.1, 0.15) is 5.52 Å². The number of nitrogens with one attached hydrogen (secondary N) is 1. The second-order valence-electron chi connectivity index (χ2n) is 4.77. The molecule has 0 bridgehead atoms. The number of carbonyl (C=O) groups is 1. The number of hydrogen-bond acceptors (Lipinski definition) is 3. The van der Waals surface area contributed by atoms with Crippen molar-refractivity contribution in [2.75, 3.05) is 5.32 Å². The van der Waals surface area contributed by atoms with Gasteiger partial charge in [-0.2, -0.15) is 0 Å². The number of carbonyl (C=O) groups excluding carboxylic acids is 1. The minimum Gasteiger partial charge on any atom is -0.408 e. The van der Waals surface area contributed by atoms with Crippen molar-refractivity contribution in [2.24, 2.45) is 0 Å². The second kappa shape index (κ2) is 6.03. The Hall–Kier alpha value is -2.59. The number of rotatable bonds is 2. The quantitative estimate of drug-likeness (QED) is 0.739. The van der Waals surface area contributed by atoms with Gasteiger partial charge >= 0.3 is 6.09 Å². The molecule has 1 heterocycles. The van der Waals surface area contributed by atoms with E-state index in [1.165, 1.54) is 0 Å². The molecule has 0 aliphatic heterocycles. The molecule has 1 aromatic heterocycles. The molecule has 0 aliphatic rings. The van der Waals surface area contributed by atoms with E-state index in [4.69, 9.17) is 16.3 Å². The third-order valence-corrected chi connectivity index (χ3v) is 3.59. The van der Waals surface area contributed by atoms with E-state index < -0.39 is 6.09 Å². The molecule has 0 saturated heterocycles. The molecule has 110 valence electrons. The largest absolute Gasteiger partial charge is 0.417 e. The molecule has 4 nitrogen and oxygen atoms in total. The molecule has 0 unspecified atom stereocenters. The molecular formula is C17H13ClN2O2. The Kier molecular flexibility index (Phi) is 3.94. The van der Waals surface area contributed by atoms with Crippen LogP contribution in [-0.2, 0) is 0 Å². The van der Waals surface area contributed by atoms with Crippen molar-refractivity contribution < 1.29 is 9.53 Å². The van der Waals surface area contributed by atoms with Gasteiger partial charge in [-0.05, 0) is 42.8 Å². The van der Waals surface area contributed by atoms with Gasteiger partial charge in [0.05, 0.1) is 5.02 Å². The highest BCUT2D eigenvalue weighted by molar-refractivity contribution is 6.35. The number of pyridine rings is 1. The van der Waals surface area contributed by atoms with Gasteiger partial charge in [0.15, 0.2) is 5.75 Å². The summed E-state index contributed by atoms with van der Waals surface area (Å²) < 4.78 is 5.37. The monoisotopic (exact) mass is 312 g/mol. The zero-order valence-electron chi connectivity index (χ0n) is 11.8. The van der Waals surface area contributed by atoms with Gasteiger partial charge in [0.25, 0.3) is 0 Å². The number of amides is 1. The van der Waals surface area contributed by atoms with Gasteiger partial charge in [0.2, 0.25) is 0 Å². The number of fused-ring (bicyclic) bond motifs is 1. The molecule has 3 rings (SSSR count). The molecule has 5 heteroatoms. The molecular weight excluding hydrogens is 300 g/mol. The summed E-state index contributed by atoms with van der Waals surface area (Å²) in [4.78, 5) is 16.3. The molecule has 0 radical (unpaired) electrons. The standard InChI is InChI=1S/C17H13ClN2O2/c1-11-5-2-3-7-14(11)20-17(21)22-15-9-8-13(18)12-6-4-10-19-16(12)15/h2-10H,1H3,(H,20,21). The lowest BCUT2D eigenvalue weighted by atomic mass is 10.2. The zero-order valence-corrected chi connectivity index (χ0v) is 12.6. The van der Waals surface area contributed by atoms with Crippen LogP contribution in [0.4, 0.5) is 10.5 Å². The molecule has 3 aromatic rings. The summed E-state index contributed by atoms with van der Waals surface area (Å²) in [5.41, 5.74) is 2.22. The zero-order chi connectivity index (χ0) is 15.5. The third-order valence-electron chi connectivity index (χ3n) is 3.26. The molecule has 22 heavy (non-hydrogen) atoms. The van der Waals surface area contributed by atoms with Crippen LogP contribution in [0.25, 0.3) is 10.9 Å². The van der Waals surface area contributed by atoms with Crippen LogP contribution in [0.1, 0.15) is 5.56 Å². The number of para-hydroxylation sites is 1. The lowest BCUT2D eigenvalue weighted by molar-refractivity contribution is 0.215. The van der Waals surface area contributed by atoms with Gasteiger partial charge in [0, 0.05) is 17.3 Å². The van der Waals surface area contributed by atoms with Crippen molar-refractivity contribution >= 4 is 34.3 Å². The fraction of sp³-hybridized carbons (Fsp3) is 0.0588. The SMILES string of the molecule is Cc1ccccc1NC(=O)Oc1ccc(Cl)c2cccnc12. The first-order valence-corrected chi connectivity index (χ1v) is 7.10. The number of anilines is 1. The van der Waals surface area contributed by atoms with Crippen molar-refractivity contribution in [2.45, 2.75) is 6.92 Å². The number of aryl methyl sites for hydroxylation is 1. The Balaban J connectivity index is 1.86. The molecule has 0 atom stereocenters. The first-order chi connectivity index (χ1) is 10.6. The molecule has 0 aliphatic carbocycles. The highest BCUT2D eigenvalue weighted by atomic mass is 35.5. The summed E-state index contributed by atoms with van der Waals surface area (Å²) in [7, 11) is 0. The predicted molar refractivity (Wildman–Crippen MR) is 87.6 cm³/mol. The Labute approximate surface area is 132 Å². The molecule has 1 amide bonds.